The smallest absolute Gasteiger partial charge is 0.251 e. The Morgan fingerprint density at radius 2 is 1.75 bits per heavy atom. The Balaban J connectivity index is 1.88. The Labute approximate surface area is 119 Å². The van der Waals surface area contributed by atoms with Gasteiger partial charge in [-0.25, -0.2) is 0 Å². The molecule has 108 valence electrons. The van der Waals surface area contributed by atoms with Crippen molar-refractivity contribution >= 4 is 11.8 Å². The van der Waals surface area contributed by atoms with Gasteiger partial charge >= 0.3 is 0 Å². The van der Waals surface area contributed by atoms with Gasteiger partial charge in [0.05, 0.1) is 0 Å². The first-order chi connectivity index (χ1) is 9.35. The highest BCUT2D eigenvalue weighted by Gasteiger charge is 2.29. The van der Waals surface area contributed by atoms with Gasteiger partial charge in [-0.15, -0.1) is 0 Å². The molecule has 0 aromatic heterocycles. The fourth-order valence-corrected chi connectivity index (χ4v) is 1.87. The summed E-state index contributed by atoms with van der Waals surface area (Å²) in [4.78, 5) is 23.5. The molecular formula is C16H22N2O2. The first-order valence-corrected chi connectivity index (χ1v) is 7.04. The van der Waals surface area contributed by atoms with Gasteiger partial charge in [0, 0.05) is 23.6 Å². The quantitative estimate of drug-likeness (QED) is 0.884. The Morgan fingerprint density at radius 1 is 1.15 bits per heavy atom. The second-order valence-corrected chi connectivity index (χ2v) is 6.39. The van der Waals surface area contributed by atoms with E-state index in [2.05, 4.69) is 10.6 Å². The summed E-state index contributed by atoms with van der Waals surface area (Å²) in [5, 5.41) is 5.83. The Kier molecular flexibility index (Phi) is 4.12. The van der Waals surface area contributed by atoms with Crippen LogP contribution in [0, 0.1) is 5.92 Å². The zero-order valence-electron chi connectivity index (χ0n) is 12.3. The van der Waals surface area contributed by atoms with Gasteiger partial charge in [-0.1, -0.05) is 12.1 Å². The minimum atomic E-state index is -0.242. The Bertz CT molecular complexity index is 496. The lowest BCUT2D eigenvalue weighted by atomic mass is 10.1. The normalized spacial score (nSPS) is 14.8. The highest BCUT2D eigenvalue weighted by atomic mass is 16.2. The number of carbonyl (C=O) groups is 2. The molecule has 1 aromatic rings. The third-order valence-corrected chi connectivity index (χ3v) is 3.12. The topological polar surface area (TPSA) is 58.2 Å². The number of carbonyl (C=O) groups excluding carboxylic acids is 2. The highest BCUT2D eigenvalue weighted by molar-refractivity contribution is 5.94. The number of nitrogens with one attached hydrogen (secondary N) is 2. The SMILES string of the molecule is CC(C)(C)NC(=O)c1ccc(CNC(=O)C2CC2)cc1. The van der Waals surface area contributed by atoms with Crippen molar-refractivity contribution in [3.05, 3.63) is 35.4 Å². The molecule has 1 aliphatic rings. The maximum absolute atomic E-state index is 12.0. The highest BCUT2D eigenvalue weighted by Crippen LogP contribution is 2.28. The average molecular weight is 274 g/mol. The van der Waals surface area contributed by atoms with E-state index in [9.17, 15) is 9.59 Å². The molecule has 0 spiro atoms. The second kappa shape index (κ2) is 5.65. The molecule has 0 heterocycles. The third-order valence-electron chi connectivity index (χ3n) is 3.12. The average Bonchev–Trinajstić information content (AvgIpc) is 3.18. The fourth-order valence-electron chi connectivity index (χ4n) is 1.87. The van der Waals surface area contributed by atoms with E-state index in [1.807, 2.05) is 32.9 Å². The van der Waals surface area contributed by atoms with E-state index in [-0.39, 0.29) is 23.3 Å². The molecule has 0 radical (unpaired) electrons. The molecule has 0 saturated heterocycles. The summed E-state index contributed by atoms with van der Waals surface area (Å²) in [6, 6.07) is 7.34. The van der Waals surface area contributed by atoms with Crippen LogP contribution in [0.25, 0.3) is 0 Å². The first-order valence-electron chi connectivity index (χ1n) is 7.04. The van der Waals surface area contributed by atoms with E-state index >= 15 is 0 Å². The summed E-state index contributed by atoms with van der Waals surface area (Å²) < 4.78 is 0. The van der Waals surface area contributed by atoms with Crippen molar-refractivity contribution in [2.75, 3.05) is 0 Å². The van der Waals surface area contributed by atoms with Gasteiger partial charge in [0.2, 0.25) is 5.91 Å². The van der Waals surface area contributed by atoms with Crippen molar-refractivity contribution in [1.82, 2.24) is 10.6 Å². The molecule has 0 unspecified atom stereocenters. The van der Waals surface area contributed by atoms with Gasteiger partial charge in [-0.3, -0.25) is 9.59 Å². The third kappa shape index (κ3) is 4.37. The van der Waals surface area contributed by atoms with Crippen molar-refractivity contribution in [3.63, 3.8) is 0 Å². The molecular weight excluding hydrogens is 252 g/mol. The molecule has 4 nitrogen and oxygen atoms in total. The predicted octanol–water partition coefficient (Wildman–Crippen LogP) is 2.24. The van der Waals surface area contributed by atoms with Crippen molar-refractivity contribution in [1.29, 1.82) is 0 Å². The van der Waals surface area contributed by atoms with Crippen LogP contribution in [0.3, 0.4) is 0 Å². The molecule has 1 fully saturated rings. The van der Waals surface area contributed by atoms with Crippen molar-refractivity contribution in [2.45, 2.75) is 45.7 Å². The molecule has 0 bridgehead atoms. The molecule has 2 N–H and O–H groups in total. The standard InChI is InChI=1S/C16H22N2O2/c1-16(2,3)18-15(20)13-6-4-11(5-7-13)10-17-14(19)12-8-9-12/h4-7,12H,8-10H2,1-3H3,(H,17,19)(H,18,20). The molecule has 4 heteroatoms. The first kappa shape index (κ1) is 14.6. The number of hydrogen-bond acceptors (Lipinski definition) is 2. The maximum Gasteiger partial charge on any atom is 0.251 e. The van der Waals surface area contributed by atoms with Crippen LogP contribution >= 0.6 is 0 Å². The summed E-state index contributed by atoms with van der Waals surface area (Å²) in [5.74, 6) is 0.289. The molecule has 2 amide bonds. The fraction of sp³-hybridized carbons (Fsp3) is 0.500. The van der Waals surface area contributed by atoms with Gasteiger partial charge in [-0.05, 0) is 51.3 Å². The van der Waals surface area contributed by atoms with Crippen LogP contribution in [0.15, 0.2) is 24.3 Å². The minimum absolute atomic E-state index is 0.0777. The van der Waals surface area contributed by atoms with Crippen LogP contribution in [0.5, 0.6) is 0 Å². The molecule has 0 atom stereocenters. The van der Waals surface area contributed by atoms with E-state index in [0.717, 1.165) is 18.4 Å². The van der Waals surface area contributed by atoms with Gasteiger partial charge < -0.3 is 10.6 Å². The minimum Gasteiger partial charge on any atom is -0.352 e. The largest absolute Gasteiger partial charge is 0.352 e. The summed E-state index contributed by atoms with van der Waals surface area (Å²) in [6.07, 6.45) is 2.02. The summed E-state index contributed by atoms with van der Waals surface area (Å²) in [5.41, 5.74) is 1.40. The molecule has 20 heavy (non-hydrogen) atoms. The monoisotopic (exact) mass is 274 g/mol. The van der Waals surface area contributed by atoms with E-state index in [0.29, 0.717) is 12.1 Å². The molecule has 1 saturated carbocycles. The lowest BCUT2D eigenvalue weighted by Crippen LogP contribution is -2.40. The summed E-state index contributed by atoms with van der Waals surface area (Å²) in [7, 11) is 0. The van der Waals surface area contributed by atoms with E-state index in [1.54, 1.807) is 12.1 Å². The van der Waals surface area contributed by atoms with Crippen LogP contribution in [-0.2, 0) is 11.3 Å². The second-order valence-electron chi connectivity index (χ2n) is 6.39. The molecule has 1 aliphatic carbocycles. The van der Waals surface area contributed by atoms with Crippen LogP contribution in [0.1, 0.15) is 49.5 Å². The van der Waals surface area contributed by atoms with Crippen molar-refractivity contribution in [3.8, 4) is 0 Å². The zero-order chi connectivity index (χ0) is 14.8. The van der Waals surface area contributed by atoms with E-state index in [4.69, 9.17) is 0 Å². The Morgan fingerprint density at radius 3 is 2.25 bits per heavy atom. The Hall–Kier alpha value is -1.84. The van der Waals surface area contributed by atoms with Crippen LogP contribution in [0.4, 0.5) is 0 Å². The summed E-state index contributed by atoms with van der Waals surface area (Å²) in [6.45, 7) is 6.38. The maximum atomic E-state index is 12.0. The number of rotatable bonds is 4. The van der Waals surface area contributed by atoms with Gasteiger partial charge in [0.15, 0.2) is 0 Å². The van der Waals surface area contributed by atoms with Gasteiger partial charge in [0.25, 0.3) is 5.91 Å². The number of amides is 2. The van der Waals surface area contributed by atoms with Gasteiger partial charge in [0.1, 0.15) is 0 Å². The lowest BCUT2D eigenvalue weighted by molar-refractivity contribution is -0.122. The molecule has 0 aliphatic heterocycles. The van der Waals surface area contributed by atoms with Gasteiger partial charge in [-0.2, -0.15) is 0 Å². The van der Waals surface area contributed by atoms with Crippen LogP contribution in [0.2, 0.25) is 0 Å². The molecule has 2 rings (SSSR count). The van der Waals surface area contributed by atoms with E-state index < -0.39 is 0 Å². The van der Waals surface area contributed by atoms with Crippen LogP contribution < -0.4 is 10.6 Å². The predicted molar refractivity (Wildman–Crippen MR) is 78.2 cm³/mol. The number of benzene rings is 1. The number of hydrogen-bond donors (Lipinski definition) is 2. The van der Waals surface area contributed by atoms with Crippen molar-refractivity contribution < 1.29 is 9.59 Å². The summed E-state index contributed by atoms with van der Waals surface area (Å²) >= 11 is 0. The van der Waals surface area contributed by atoms with Crippen LogP contribution in [-0.4, -0.2) is 17.4 Å². The van der Waals surface area contributed by atoms with E-state index in [1.165, 1.54) is 0 Å². The zero-order valence-corrected chi connectivity index (χ0v) is 12.3. The van der Waals surface area contributed by atoms with Crippen molar-refractivity contribution in [2.24, 2.45) is 5.92 Å². The molecule has 1 aromatic carbocycles. The lowest BCUT2D eigenvalue weighted by Gasteiger charge is -2.20.